The number of hydrogen-bond donors (Lipinski definition) is 3. The molecule has 0 aliphatic heterocycles. The number of benzene rings is 1. The van der Waals surface area contributed by atoms with Crippen LogP contribution in [0.2, 0.25) is 5.02 Å². The number of nitrogens with zero attached hydrogens (tertiary/aromatic N) is 2. The molecule has 0 radical (unpaired) electrons. The van der Waals surface area contributed by atoms with E-state index in [2.05, 4.69) is 19.9 Å². The molecule has 1 aromatic carbocycles. The number of nitrogens with one attached hydrogen (secondary N) is 2. The van der Waals surface area contributed by atoms with Crippen LogP contribution in [0.15, 0.2) is 29.4 Å². The lowest BCUT2D eigenvalue weighted by molar-refractivity contribution is 0.579. The monoisotopic (exact) mass is 287 g/mol. The highest BCUT2D eigenvalue weighted by atomic mass is 35.5. The molecule has 1 aromatic heterocycles. The normalized spacial score (nSPS) is 11.6. The molecule has 0 aliphatic rings. The van der Waals surface area contributed by atoms with Gasteiger partial charge in [-0.25, -0.2) is 18.1 Å². The molecule has 0 fully saturated rings. The van der Waals surface area contributed by atoms with Crippen LogP contribution in [0, 0.1) is 0 Å². The van der Waals surface area contributed by atoms with Gasteiger partial charge in [-0.05, 0) is 18.2 Å². The van der Waals surface area contributed by atoms with Gasteiger partial charge in [0.1, 0.15) is 17.0 Å². The van der Waals surface area contributed by atoms with Gasteiger partial charge in [-0.3, -0.25) is 5.10 Å². The number of nitrogens with two attached hydrogens (primary N) is 1. The van der Waals surface area contributed by atoms with Gasteiger partial charge in [0.15, 0.2) is 0 Å². The van der Waals surface area contributed by atoms with E-state index in [0.29, 0.717) is 11.5 Å². The average Bonchev–Trinajstić information content (AvgIpc) is 2.83. The van der Waals surface area contributed by atoms with Gasteiger partial charge in [-0.15, -0.1) is 0 Å². The van der Waals surface area contributed by atoms with E-state index in [1.54, 1.807) is 0 Å². The van der Waals surface area contributed by atoms with E-state index in [1.165, 1.54) is 24.5 Å². The third-order valence-corrected chi connectivity index (χ3v) is 4.02. The highest BCUT2D eigenvalue weighted by Crippen LogP contribution is 2.23. The van der Waals surface area contributed by atoms with E-state index in [4.69, 9.17) is 17.3 Å². The van der Waals surface area contributed by atoms with Crippen LogP contribution < -0.4 is 10.5 Å². The minimum atomic E-state index is -3.74. The standard InChI is InChI=1S/C9H10ClN5O2S/c10-7-2-1-6(11)3-8(7)18(16,17)14-4-9-12-5-13-15-9/h1-3,5,14H,4,11H2,(H,12,13,15). The minimum Gasteiger partial charge on any atom is -0.399 e. The summed E-state index contributed by atoms with van der Waals surface area (Å²) in [6.45, 7) is -0.00649. The third kappa shape index (κ3) is 2.78. The van der Waals surface area contributed by atoms with Gasteiger partial charge in [0.2, 0.25) is 10.0 Å². The van der Waals surface area contributed by atoms with E-state index in [-0.39, 0.29) is 16.5 Å². The first-order valence-corrected chi connectivity index (χ1v) is 6.74. The average molecular weight is 288 g/mol. The molecular formula is C9H10ClN5O2S. The summed E-state index contributed by atoms with van der Waals surface area (Å²) in [5.41, 5.74) is 5.85. The molecule has 2 aromatic rings. The Morgan fingerprint density at radius 2 is 2.22 bits per heavy atom. The lowest BCUT2D eigenvalue weighted by Gasteiger charge is -2.07. The van der Waals surface area contributed by atoms with Crippen LogP contribution in [-0.4, -0.2) is 23.6 Å². The third-order valence-electron chi connectivity index (χ3n) is 2.14. The molecular weight excluding hydrogens is 278 g/mol. The molecule has 0 atom stereocenters. The predicted molar refractivity (Wildman–Crippen MR) is 66.3 cm³/mol. The largest absolute Gasteiger partial charge is 0.399 e. The smallest absolute Gasteiger partial charge is 0.242 e. The van der Waals surface area contributed by atoms with Crippen molar-refractivity contribution in [3.63, 3.8) is 0 Å². The first kappa shape index (κ1) is 12.8. The lowest BCUT2D eigenvalue weighted by atomic mass is 10.3. The zero-order valence-electron chi connectivity index (χ0n) is 9.09. The zero-order valence-corrected chi connectivity index (χ0v) is 10.7. The van der Waals surface area contributed by atoms with Gasteiger partial charge in [0.25, 0.3) is 0 Å². The number of halogens is 1. The Bertz CT molecular complexity index is 641. The Hall–Kier alpha value is -1.64. The summed E-state index contributed by atoms with van der Waals surface area (Å²) in [7, 11) is -3.74. The summed E-state index contributed by atoms with van der Waals surface area (Å²) >= 11 is 5.83. The summed E-state index contributed by atoms with van der Waals surface area (Å²) in [6.07, 6.45) is 1.29. The molecule has 18 heavy (non-hydrogen) atoms. The highest BCUT2D eigenvalue weighted by molar-refractivity contribution is 7.89. The van der Waals surface area contributed by atoms with Crippen molar-refractivity contribution in [1.29, 1.82) is 0 Å². The van der Waals surface area contributed by atoms with Crippen LogP contribution in [0.25, 0.3) is 0 Å². The number of rotatable bonds is 4. The molecule has 0 bridgehead atoms. The summed E-state index contributed by atoms with van der Waals surface area (Å²) < 4.78 is 26.3. The van der Waals surface area contributed by atoms with Gasteiger partial charge in [0.05, 0.1) is 11.6 Å². The molecule has 4 N–H and O–H groups in total. The number of aromatic nitrogens is 3. The minimum absolute atomic E-state index is 0.00649. The Kier molecular flexibility index (Phi) is 3.50. The van der Waals surface area contributed by atoms with Crippen LogP contribution in [-0.2, 0) is 16.6 Å². The highest BCUT2D eigenvalue weighted by Gasteiger charge is 2.18. The van der Waals surface area contributed by atoms with E-state index < -0.39 is 10.0 Å². The maximum absolute atomic E-state index is 12.0. The number of hydrogen-bond acceptors (Lipinski definition) is 5. The number of aromatic amines is 1. The fourth-order valence-electron chi connectivity index (χ4n) is 1.28. The molecule has 1 heterocycles. The van der Waals surface area contributed by atoms with Crippen molar-refractivity contribution in [1.82, 2.24) is 19.9 Å². The summed E-state index contributed by atoms with van der Waals surface area (Å²) in [5, 5.41) is 6.26. The molecule has 0 saturated heterocycles. The van der Waals surface area contributed by atoms with Crippen molar-refractivity contribution < 1.29 is 8.42 Å². The Morgan fingerprint density at radius 1 is 1.44 bits per heavy atom. The molecule has 96 valence electrons. The quantitative estimate of drug-likeness (QED) is 0.709. The van der Waals surface area contributed by atoms with E-state index in [9.17, 15) is 8.42 Å². The van der Waals surface area contributed by atoms with Gasteiger partial charge in [-0.1, -0.05) is 11.6 Å². The van der Waals surface area contributed by atoms with Crippen molar-refractivity contribution in [2.24, 2.45) is 0 Å². The van der Waals surface area contributed by atoms with Gasteiger partial charge < -0.3 is 5.73 Å². The SMILES string of the molecule is Nc1ccc(Cl)c(S(=O)(=O)NCc2ncn[nH]2)c1. The van der Waals surface area contributed by atoms with Crippen LogP contribution in [0.5, 0.6) is 0 Å². The van der Waals surface area contributed by atoms with Gasteiger partial charge >= 0.3 is 0 Å². The predicted octanol–water partition coefficient (Wildman–Crippen LogP) is 0.519. The Morgan fingerprint density at radius 3 is 2.89 bits per heavy atom. The number of H-pyrrole nitrogens is 1. The number of nitrogen functional groups attached to an aromatic ring is 1. The molecule has 0 amide bonds. The molecule has 9 heteroatoms. The zero-order chi connectivity index (χ0) is 13.2. The van der Waals surface area contributed by atoms with Crippen LogP contribution in [0.1, 0.15) is 5.82 Å². The first-order valence-electron chi connectivity index (χ1n) is 4.88. The maximum atomic E-state index is 12.0. The maximum Gasteiger partial charge on any atom is 0.242 e. The van der Waals surface area contributed by atoms with Crippen LogP contribution in [0.3, 0.4) is 0 Å². The Labute approximate surface area is 108 Å². The molecule has 2 rings (SSSR count). The van der Waals surface area contributed by atoms with Crippen molar-refractivity contribution in [3.05, 3.63) is 35.4 Å². The molecule has 7 nitrogen and oxygen atoms in total. The van der Waals surface area contributed by atoms with Crippen molar-refractivity contribution in [2.75, 3.05) is 5.73 Å². The topological polar surface area (TPSA) is 114 Å². The van der Waals surface area contributed by atoms with E-state index in [0.717, 1.165) is 0 Å². The van der Waals surface area contributed by atoms with Crippen LogP contribution >= 0.6 is 11.6 Å². The summed E-state index contributed by atoms with van der Waals surface area (Å²) in [4.78, 5) is 3.74. The van der Waals surface area contributed by atoms with Crippen molar-refractivity contribution in [3.8, 4) is 0 Å². The van der Waals surface area contributed by atoms with Gasteiger partial charge in [-0.2, -0.15) is 5.10 Å². The Balaban J connectivity index is 2.22. The first-order chi connectivity index (χ1) is 8.49. The van der Waals surface area contributed by atoms with E-state index >= 15 is 0 Å². The molecule has 0 aliphatic carbocycles. The van der Waals surface area contributed by atoms with Crippen LogP contribution in [0.4, 0.5) is 5.69 Å². The number of sulfonamides is 1. The lowest BCUT2D eigenvalue weighted by Crippen LogP contribution is -2.24. The fourth-order valence-corrected chi connectivity index (χ4v) is 2.80. The van der Waals surface area contributed by atoms with Crippen molar-refractivity contribution >= 4 is 27.3 Å². The van der Waals surface area contributed by atoms with Gasteiger partial charge in [0, 0.05) is 5.69 Å². The van der Waals surface area contributed by atoms with Crippen molar-refractivity contribution in [2.45, 2.75) is 11.4 Å². The molecule has 0 unspecified atom stereocenters. The molecule has 0 spiro atoms. The summed E-state index contributed by atoms with van der Waals surface area (Å²) in [5.74, 6) is 0.401. The summed E-state index contributed by atoms with van der Waals surface area (Å²) in [6, 6.07) is 4.25. The van der Waals surface area contributed by atoms with E-state index in [1.807, 2.05) is 0 Å². The number of anilines is 1. The fraction of sp³-hybridized carbons (Fsp3) is 0.111. The molecule has 0 saturated carbocycles. The second-order valence-corrected chi connectivity index (χ2v) is 5.59. The second-order valence-electron chi connectivity index (χ2n) is 3.45. The second kappa shape index (κ2) is 4.92.